The topological polar surface area (TPSA) is 39.2 Å². The lowest BCUT2D eigenvalue weighted by Gasteiger charge is -2.28. The van der Waals surface area contributed by atoms with E-state index in [1.807, 2.05) is 12.1 Å². The quantitative estimate of drug-likeness (QED) is 0.873. The van der Waals surface area contributed by atoms with Gasteiger partial charge in [-0.15, -0.1) is 0 Å². The van der Waals surface area contributed by atoms with Crippen molar-refractivity contribution in [2.45, 2.75) is 33.2 Å². The molecule has 0 amide bonds. The molecule has 1 atom stereocenters. The van der Waals surface area contributed by atoms with Crippen molar-refractivity contribution in [3.63, 3.8) is 0 Å². The highest BCUT2D eigenvalue weighted by Gasteiger charge is 2.28. The van der Waals surface area contributed by atoms with Crippen LogP contribution in [0.3, 0.4) is 0 Å². The van der Waals surface area contributed by atoms with Crippen LogP contribution in [0, 0.1) is 11.2 Å². The van der Waals surface area contributed by atoms with E-state index in [9.17, 15) is 4.39 Å². The molecule has 2 N–H and O–H groups in total. The van der Waals surface area contributed by atoms with Crippen LogP contribution in [0.1, 0.15) is 39.0 Å². The molecule has 1 aromatic carbocycles. The van der Waals surface area contributed by atoms with Gasteiger partial charge in [-0.25, -0.2) is 4.39 Å². The Hall–Kier alpha value is -1.35. The van der Waals surface area contributed by atoms with Gasteiger partial charge in [0.15, 0.2) is 11.4 Å². The van der Waals surface area contributed by atoms with E-state index in [2.05, 4.69) is 20.8 Å². The monoisotopic (exact) mass is 235 g/mol. The fraction of sp³-hybridized carbons (Fsp3) is 0.429. The van der Waals surface area contributed by atoms with E-state index in [4.69, 9.17) is 10.2 Å². The van der Waals surface area contributed by atoms with E-state index in [1.54, 1.807) is 6.07 Å². The van der Waals surface area contributed by atoms with Crippen LogP contribution < -0.4 is 5.73 Å². The van der Waals surface area contributed by atoms with Crippen molar-refractivity contribution in [3.05, 3.63) is 35.8 Å². The zero-order valence-corrected chi connectivity index (χ0v) is 10.5. The molecule has 2 rings (SSSR count). The standard InChI is InChI=1S/C14H18FNO/c1-4-14(2,3)13(16)11-8-9-6-5-7-10(15)12(9)17-11/h5-8,13H,4,16H2,1-3H3. The van der Waals surface area contributed by atoms with Crippen LogP contribution in [-0.2, 0) is 0 Å². The number of furan rings is 1. The summed E-state index contributed by atoms with van der Waals surface area (Å²) in [6, 6.07) is 6.51. The Bertz CT molecular complexity index is 530. The molecule has 1 heterocycles. The Morgan fingerprint density at radius 2 is 2.12 bits per heavy atom. The molecule has 2 aromatic rings. The van der Waals surface area contributed by atoms with Gasteiger partial charge in [0, 0.05) is 5.39 Å². The fourth-order valence-corrected chi connectivity index (χ4v) is 1.81. The molecule has 92 valence electrons. The Labute approximate surface area is 101 Å². The molecule has 0 saturated heterocycles. The van der Waals surface area contributed by atoms with E-state index in [0.29, 0.717) is 11.3 Å². The normalized spacial score (nSPS) is 14.2. The van der Waals surface area contributed by atoms with Gasteiger partial charge in [0.2, 0.25) is 0 Å². The summed E-state index contributed by atoms with van der Waals surface area (Å²) in [7, 11) is 0. The van der Waals surface area contributed by atoms with Crippen molar-refractivity contribution in [3.8, 4) is 0 Å². The lowest BCUT2D eigenvalue weighted by atomic mass is 9.81. The minimum Gasteiger partial charge on any atom is -0.456 e. The molecule has 2 nitrogen and oxygen atoms in total. The van der Waals surface area contributed by atoms with Gasteiger partial charge in [-0.05, 0) is 24.0 Å². The number of benzene rings is 1. The van der Waals surface area contributed by atoms with Crippen LogP contribution in [0.4, 0.5) is 4.39 Å². The van der Waals surface area contributed by atoms with E-state index >= 15 is 0 Å². The highest BCUT2D eigenvalue weighted by atomic mass is 19.1. The SMILES string of the molecule is CCC(C)(C)C(N)c1cc2cccc(F)c2o1. The fourth-order valence-electron chi connectivity index (χ4n) is 1.81. The van der Waals surface area contributed by atoms with Crippen molar-refractivity contribution in [2.24, 2.45) is 11.1 Å². The molecule has 1 unspecified atom stereocenters. The van der Waals surface area contributed by atoms with Crippen molar-refractivity contribution in [1.82, 2.24) is 0 Å². The predicted octanol–water partition coefficient (Wildman–Crippen LogP) is 4.01. The molecule has 0 bridgehead atoms. The summed E-state index contributed by atoms with van der Waals surface area (Å²) in [6.45, 7) is 6.26. The van der Waals surface area contributed by atoms with Gasteiger partial charge in [-0.3, -0.25) is 0 Å². The van der Waals surface area contributed by atoms with Crippen molar-refractivity contribution >= 4 is 11.0 Å². The summed E-state index contributed by atoms with van der Waals surface area (Å²) in [5.74, 6) is 0.312. The molecular formula is C14H18FNO. The summed E-state index contributed by atoms with van der Waals surface area (Å²) in [6.07, 6.45) is 0.938. The number of hydrogen-bond donors (Lipinski definition) is 1. The summed E-state index contributed by atoms with van der Waals surface area (Å²) in [4.78, 5) is 0. The lowest BCUT2D eigenvalue weighted by molar-refractivity contribution is 0.250. The first-order chi connectivity index (χ1) is 7.95. The number of fused-ring (bicyclic) bond motifs is 1. The smallest absolute Gasteiger partial charge is 0.169 e. The number of halogens is 1. The molecule has 0 radical (unpaired) electrons. The summed E-state index contributed by atoms with van der Waals surface area (Å²) < 4.78 is 19.1. The molecule has 0 fully saturated rings. The van der Waals surface area contributed by atoms with Crippen LogP contribution in [-0.4, -0.2) is 0 Å². The molecule has 0 aliphatic rings. The molecule has 0 aliphatic carbocycles. The lowest BCUT2D eigenvalue weighted by Crippen LogP contribution is -2.28. The van der Waals surface area contributed by atoms with E-state index < -0.39 is 0 Å². The first kappa shape index (κ1) is 12.1. The van der Waals surface area contributed by atoms with E-state index in [-0.39, 0.29) is 17.3 Å². The molecule has 0 aliphatic heterocycles. The van der Waals surface area contributed by atoms with Gasteiger partial charge in [0.05, 0.1) is 6.04 Å². The van der Waals surface area contributed by atoms with Crippen molar-refractivity contribution in [2.75, 3.05) is 0 Å². The van der Waals surface area contributed by atoms with Gasteiger partial charge >= 0.3 is 0 Å². The Balaban J connectivity index is 2.47. The van der Waals surface area contributed by atoms with Gasteiger partial charge in [-0.2, -0.15) is 0 Å². The van der Waals surface area contributed by atoms with Crippen LogP contribution >= 0.6 is 0 Å². The van der Waals surface area contributed by atoms with Crippen molar-refractivity contribution in [1.29, 1.82) is 0 Å². The zero-order valence-electron chi connectivity index (χ0n) is 10.5. The van der Waals surface area contributed by atoms with Gasteiger partial charge in [0.1, 0.15) is 5.76 Å². The highest BCUT2D eigenvalue weighted by molar-refractivity contribution is 5.78. The first-order valence-electron chi connectivity index (χ1n) is 5.89. The Morgan fingerprint density at radius 3 is 2.71 bits per heavy atom. The highest BCUT2D eigenvalue weighted by Crippen LogP contribution is 2.36. The molecule has 3 heteroatoms. The Kier molecular flexibility index (Phi) is 2.96. The minimum absolute atomic E-state index is 0.0651. The van der Waals surface area contributed by atoms with Crippen molar-refractivity contribution < 1.29 is 8.81 Å². The predicted molar refractivity (Wildman–Crippen MR) is 67.2 cm³/mol. The number of rotatable bonds is 3. The maximum Gasteiger partial charge on any atom is 0.169 e. The average Bonchev–Trinajstić information content (AvgIpc) is 2.73. The van der Waals surface area contributed by atoms with E-state index in [0.717, 1.165) is 11.8 Å². The maximum absolute atomic E-state index is 13.5. The zero-order chi connectivity index (χ0) is 12.6. The summed E-state index contributed by atoms with van der Waals surface area (Å²) >= 11 is 0. The number of nitrogens with two attached hydrogens (primary N) is 1. The average molecular weight is 235 g/mol. The molecule has 0 spiro atoms. The van der Waals surface area contributed by atoms with E-state index in [1.165, 1.54) is 6.07 Å². The number of hydrogen-bond acceptors (Lipinski definition) is 2. The second kappa shape index (κ2) is 4.15. The van der Waals surface area contributed by atoms with Crippen LogP contribution in [0.5, 0.6) is 0 Å². The molecule has 17 heavy (non-hydrogen) atoms. The molecular weight excluding hydrogens is 217 g/mol. The second-order valence-corrected chi connectivity index (χ2v) is 5.13. The first-order valence-corrected chi connectivity index (χ1v) is 5.89. The second-order valence-electron chi connectivity index (χ2n) is 5.13. The van der Waals surface area contributed by atoms with Gasteiger partial charge in [0.25, 0.3) is 0 Å². The van der Waals surface area contributed by atoms with Crippen LogP contribution in [0.25, 0.3) is 11.0 Å². The molecule has 0 saturated carbocycles. The minimum atomic E-state index is -0.338. The van der Waals surface area contributed by atoms with Gasteiger partial charge < -0.3 is 10.2 Å². The van der Waals surface area contributed by atoms with Crippen LogP contribution in [0.15, 0.2) is 28.7 Å². The largest absolute Gasteiger partial charge is 0.456 e. The van der Waals surface area contributed by atoms with Crippen LogP contribution in [0.2, 0.25) is 0 Å². The van der Waals surface area contributed by atoms with Gasteiger partial charge in [-0.1, -0.05) is 32.9 Å². The maximum atomic E-state index is 13.5. The Morgan fingerprint density at radius 1 is 1.41 bits per heavy atom. The summed E-state index contributed by atoms with van der Waals surface area (Å²) in [5, 5.41) is 0.766. The third-order valence-electron chi connectivity index (χ3n) is 3.57. The third kappa shape index (κ3) is 2.07. The molecule has 1 aromatic heterocycles. The third-order valence-corrected chi connectivity index (χ3v) is 3.57. The summed E-state index contributed by atoms with van der Waals surface area (Å²) in [5.41, 5.74) is 6.41. The number of para-hydroxylation sites is 1.